The summed E-state index contributed by atoms with van der Waals surface area (Å²) in [5, 5.41) is 18.5. The van der Waals surface area contributed by atoms with Gasteiger partial charge in [-0.1, -0.05) is 30.3 Å². The van der Waals surface area contributed by atoms with E-state index in [1.165, 1.54) is 12.1 Å². The van der Waals surface area contributed by atoms with E-state index in [1.54, 1.807) is 31.3 Å². The Hall–Kier alpha value is -3.72. The molecule has 1 atom stereocenters. The summed E-state index contributed by atoms with van der Waals surface area (Å²) < 4.78 is 10.7. The van der Waals surface area contributed by atoms with Gasteiger partial charge in [0.15, 0.2) is 0 Å². The van der Waals surface area contributed by atoms with Crippen molar-refractivity contribution >= 4 is 11.6 Å². The normalized spacial score (nSPS) is 15.2. The molecule has 2 aromatic carbocycles. The van der Waals surface area contributed by atoms with Crippen LogP contribution in [0.25, 0.3) is 11.3 Å². The summed E-state index contributed by atoms with van der Waals surface area (Å²) in [4.78, 5) is 25.8. The molecule has 1 aliphatic heterocycles. The number of hydrogen-bond acceptors (Lipinski definition) is 6. The lowest BCUT2D eigenvalue weighted by atomic mass is 9.95. The van der Waals surface area contributed by atoms with Crippen LogP contribution < -0.4 is 4.74 Å². The fourth-order valence-electron chi connectivity index (χ4n) is 4.01. The highest BCUT2D eigenvalue weighted by Gasteiger charge is 2.43. The Kier molecular flexibility index (Phi) is 5.68. The lowest BCUT2D eigenvalue weighted by Gasteiger charge is -2.27. The van der Waals surface area contributed by atoms with Gasteiger partial charge in [-0.25, -0.2) is 0 Å². The summed E-state index contributed by atoms with van der Waals surface area (Å²) in [5.74, 6) is 0.474. The number of fused-ring (bicyclic) bond motifs is 1. The SMILES string of the molecule is COCCCN1C(=O)c2[nH]nc(-c3cccc([N+](=O)[O-])c3)c2C1c1ccccc1OC. The van der Waals surface area contributed by atoms with Crippen molar-refractivity contribution in [1.29, 1.82) is 0 Å². The van der Waals surface area contributed by atoms with Gasteiger partial charge < -0.3 is 14.4 Å². The van der Waals surface area contributed by atoms with Crippen LogP contribution in [-0.2, 0) is 4.74 Å². The van der Waals surface area contributed by atoms with Gasteiger partial charge in [0, 0.05) is 49.1 Å². The fraction of sp³-hybridized carbons (Fsp3) is 0.273. The first kappa shape index (κ1) is 20.5. The number of aromatic nitrogens is 2. The van der Waals surface area contributed by atoms with Crippen LogP contribution in [0.5, 0.6) is 5.75 Å². The van der Waals surface area contributed by atoms with Gasteiger partial charge in [-0.05, 0) is 12.5 Å². The zero-order chi connectivity index (χ0) is 22.0. The molecule has 0 spiro atoms. The number of carbonyl (C=O) groups is 1. The van der Waals surface area contributed by atoms with Crippen molar-refractivity contribution in [3.05, 3.63) is 75.5 Å². The van der Waals surface area contributed by atoms with Crippen LogP contribution in [0.1, 0.15) is 34.1 Å². The first-order valence-electron chi connectivity index (χ1n) is 9.82. The molecule has 0 saturated heterocycles. The summed E-state index contributed by atoms with van der Waals surface area (Å²) in [6.45, 7) is 0.999. The number of non-ortho nitro benzene ring substituents is 1. The predicted octanol–water partition coefficient (Wildman–Crippen LogP) is 3.58. The van der Waals surface area contributed by atoms with Crippen molar-refractivity contribution in [2.45, 2.75) is 12.5 Å². The zero-order valence-corrected chi connectivity index (χ0v) is 17.2. The molecule has 1 aromatic heterocycles. The molecule has 1 aliphatic rings. The number of amides is 1. The molecule has 0 fully saturated rings. The number of carbonyl (C=O) groups excluding carboxylic acids is 1. The molecule has 0 saturated carbocycles. The molecule has 1 N–H and O–H groups in total. The van der Waals surface area contributed by atoms with Gasteiger partial charge in [-0.2, -0.15) is 5.10 Å². The van der Waals surface area contributed by atoms with E-state index in [0.717, 1.165) is 5.56 Å². The highest BCUT2D eigenvalue weighted by atomic mass is 16.6. The number of H-pyrrole nitrogens is 1. The van der Waals surface area contributed by atoms with Gasteiger partial charge >= 0.3 is 0 Å². The third kappa shape index (κ3) is 3.64. The van der Waals surface area contributed by atoms with Crippen LogP contribution in [0.2, 0.25) is 0 Å². The number of ether oxygens (including phenoxy) is 2. The van der Waals surface area contributed by atoms with Crippen LogP contribution in [0.4, 0.5) is 5.69 Å². The lowest BCUT2D eigenvalue weighted by Crippen LogP contribution is -2.31. The van der Waals surface area contributed by atoms with Crippen LogP contribution >= 0.6 is 0 Å². The first-order valence-corrected chi connectivity index (χ1v) is 9.82. The Morgan fingerprint density at radius 2 is 2.00 bits per heavy atom. The van der Waals surface area contributed by atoms with Crippen molar-refractivity contribution in [1.82, 2.24) is 15.1 Å². The average Bonchev–Trinajstić information content (AvgIpc) is 3.33. The Balaban J connectivity index is 1.86. The average molecular weight is 422 g/mol. The number of nitro benzene ring substituents is 1. The van der Waals surface area contributed by atoms with E-state index in [0.29, 0.717) is 47.8 Å². The first-order chi connectivity index (χ1) is 15.1. The number of nitro groups is 1. The second-order valence-electron chi connectivity index (χ2n) is 7.16. The Bertz CT molecular complexity index is 1130. The van der Waals surface area contributed by atoms with E-state index in [2.05, 4.69) is 10.2 Å². The molecule has 31 heavy (non-hydrogen) atoms. The molecule has 9 heteroatoms. The third-order valence-electron chi connectivity index (χ3n) is 5.38. The van der Waals surface area contributed by atoms with Crippen LogP contribution in [0.3, 0.4) is 0 Å². The minimum Gasteiger partial charge on any atom is -0.496 e. The highest BCUT2D eigenvalue weighted by Crippen LogP contribution is 2.45. The van der Waals surface area contributed by atoms with Crippen LogP contribution in [0, 0.1) is 10.1 Å². The second-order valence-corrected chi connectivity index (χ2v) is 7.16. The van der Waals surface area contributed by atoms with Crippen LogP contribution in [-0.4, -0.2) is 53.3 Å². The minimum absolute atomic E-state index is 0.0376. The van der Waals surface area contributed by atoms with Crippen molar-refractivity contribution in [2.24, 2.45) is 0 Å². The molecule has 2 heterocycles. The maximum atomic E-state index is 13.3. The summed E-state index contributed by atoms with van der Waals surface area (Å²) in [5.41, 5.74) is 2.93. The number of methoxy groups -OCH3 is 2. The van der Waals surface area contributed by atoms with Crippen LogP contribution in [0.15, 0.2) is 48.5 Å². The third-order valence-corrected chi connectivity index (χ3v) is 5.38. The number of rotatable bonds is 8. The van der Waals surface area contributed by atoms with E-state index >= 15 is 0 Å². The summed E-state index contributed by atoms with van der Waals surface area (Å²) in [6, 6.07) is 13.3. The number of nitrogens with one attached hydrogen (secondary N) is 1. The Labute approximate surface area is 178 Å². The molecular formula is C22H22N4O5. The number of hydrogen-bond donors (Lipinski definition) is 1. The fourth-order valence-corrected chi connectivity index (χ4v) is 4.01. The number of para-hydroxylation sites is 1. The van der Waals surface area contributed by atoms with E-state index in [1.807, 2.05) is 24.3 Å². The maximum Gasteiger partial charge on any atom is 0.273 e. The van der Waals surface area contributed by atoms with Gasteiger partial charge in [0.05, 0.1) is 23.8 Å². The number of benzene rings is 2. The van der Waals surface area contributed by atoms with Crippen molar-refractivity contribution in [3.63, 3.8) is 0 Å². The molecule has 4 rings (SSSR count). The molecular weight excluding hydrogens is 400 g/mol. The van der Waals surface area contributed by atoms with Crippen molar-refractivity contribution in [2.75, 3.05) is 27.4 Å². The standard InChI is InChI=1S/C22H22N4O5/c1-30-12-6-11-25-21(16-9-3-4-10-17(16)31-2)18-19(23-24-20(18)22(25)27)14-7-5-8-15(13-14)26(28)29/h3-5,7-10,13,21H,6,11-12H2,1-2H3,(H,23,24). The summed E-state index contributed by atoms with van der Waals surface area (Å²) in [7, 11) is 3.21. The van der Waals surface area contributed by atoms with Gasteiger partial charge in [-0.15, -0.1) is 0 Å². The Morgan fingerprint density at radius 1 is 1.19 bits per heavy atom. The summed E-state index contributed by atoms with van der Waals surface area (Å²) >= 11 is 0. The number of aromatic amines is 1. The smallest absolute Gasteiger partial charge is 0.273 e. The van der Waals surface area contributed by atoms with Gasteiger partial charge in [0.1, 0.15) is 11.4 Å². The molecule has 160 valence electrons. The van der Waals surface area contributed by atoms with E-state index < -0.39 is 11.0 Å². The summed E-state index contributed by atoms with van der Waals surface area (Å²) in [6.07, 6.45) is 0.664. The molecule has 1 unspecified atom stereocenters. The predicted molar refractivity (Wildman–Crippen MR) is 113 cm³/mol. The minimum atomic E-state index is -0.448. The highest BCUT2D eigenvalue weighted by molar-refractivity contribution is 6.00. The molecule has 3 aromatic rings. The molecule has 9 nitrogen and oxygen atoms in total. The van der Waals surface area contributed by atoms with E-state index in [-0.39, 0.29) is 11.6 Å². The number of nitrogens with zero attached hydrogens (tertiary/aromatic N) is 3. The van der Waals surface area contributed by atoms with E-state index in [9.17, 15) is 14.9 Å². The van der Waals surface area contributed by atoms with Crippen molar-refractivity contribution < 1.29 is 19.2 Å². The zero-order valence-electron chi connectivity index (χ0n) is 17.2. The second kappa shape index (κ2) is 8.57. The molecule has 1 amide bonds. The molecule has 0 bridgehead atoms. The van der Waals surface area contributed by atoms with Crippen molar-refractivity contribution in [3.8, 4) is 17.0 Å². The Morgan fingerprint density at radius 3 is 2.74 bits per heavy atom. The largest absolute Gasteiger partial charge is 0.496 e. The van der Waals surface area contributed by atoms with Gasteiger partial charge in [0.2, 0.25) is 0 Å². The van der Waals surface area contributed by atoms with E-state index in [4.69, 9.17) is 9.47 Å². The quantitative estimate of drug-likeness (QED) is 0.337. The van der Waals surface area contributed by atoms with Gasteiger partial charge in [-0.3, -0.25) is 20.0 Å². The monoisotopic (exact) mass is 422 g/mol. The topological polar surface area (TPSA) is 111 Å². The lowest BCUT2D eigenvalue weighted by molar-refractivity contribution is -0.384. The maximum absolute atomic E-state index is 13.3. The molecule has 0 aliphatic carbocycles. The van der Waals surface area contributed by atoms with Gasteiger partial charge in [0.25, 0.3) is 11.6 Å². The molecule has 0 radical (unpaired) electrons.